The molecule has 20 heavy (non-hydrogen) atoms. The lowest BCUT2D eigenvalue weighted by atomic mass is 10.2. The van der Waals surface area contributed by atoms with Crippen LogP contribution in [0.1, 0.15) is 13.3 Å². The molecule has 0 aliphatic carbocycles. The molecule has 0 aliphatic heterocycles. The Morgan fingerprint density at radius 1 is 1.30 bits per heavy atom. The fourth-order valence-corrected chi connectivity index (χ4v) is 1.20. The van der Waals surface area contributed by atoms with Crippen LogP contribution in [0.3, 0.4) is 0 Å². The van der Waals surface area contributed by atoms with Crippen molar-refractivity contribution >= 4 is 12.3 Å². The molecule has 0 bridgehead atoms. The maximum atomic E-state index is 11.1. The Morgan fingerprint density at radius 3 is 2.75 bits per heavy atom. The van der Waals surface area contributed by atoms with E-state index in [0.717, 1.165) is 0 Å². The summed E-state index contributed by atoms with van der Waals surface area (Å²) >= 11 is 0. The highest BCUT2D eigenvalue weighted by molar-refractivity contribution is 5.81. The summed E-state index contributed by atoms with van der Waals surface area (Å²) < 4.78 is 20.1. The minimum atomic E-state index is -0.401. The molecule has 0 unspecified atom stereocenters. The zero-order valence-electron chi connectivity index (χ0n) is 11.9. The van der Waals surface area contributed by atoms with Crippen LogP contribution in [-0.2, 0) is 28.5 Å². The highest BCUT2D eigenvalue weighted by atomic mass is 16.7. The van der Waals surface area contributed by atoms with E-state index in [1.165, 1.54) is 12.2 Å². The van der Waals surface area contributed by atoms with Gasteiger partial charge in [0, 0.05) is 13.2 Å². The molecule has 0 aromatic carbocycles. The number of methoxy groups -OCH3 is 1. The number of esters is 1. The van der Waals surface area contributed by atoms with Gasteiger partial charge in [-0.1, -0.05) is 12.2 Å². The molecule has 0 rings (SSSR count). The SMILES string of the molecule is CCOC(=O)/C=C/C[C@@H](/C=C/C=O)OCOCCOC. The number of rotatable bonds is 12. The summed E-state index contributed by atoms with van der Waals surface area (Å²) in [5.74, 6) is -0.401. The van der Waals surface area contributed by atoms with Crippen molar-refractivity contribution in [1.82, 2.24) is 0 Å². The average Bonchev–Trinajstić information content (AvgIpc) is 2.44. The molecule has 0 aliphatic rings. The number of allylic oxidation sites excluding steroid dienone is 1. The van der Waals surface area contributed by atoms with E-state index in [1.807, 2.05) is 0 Å². The normalized spacial score (nSPS) is 12.9. The summed E-state index contributed by atoms with van der Waals surface area (Å²) in [5, 5.41) is 0. The van der Waals surface area contributed by atoms with E-state index in [4.69, 9.17) is 18.9 Å². The fourth-order valence-electron chi connectivity index (χ4n) is 1.20. The Hall–Kier alpha value is -1.50. The van der Waals surface area contributed by atoms with E-state index in [9.17, 15) is 9.59 Å². The van der Waals surface area contributed by atoms with Crippen molar-refractivity contribution in [3.05, 3.63) is 24.3 Å². The molecule has 0 saturated heterocycles. The predicted molar refractivity (Wildman–Crippen MR) is 73.2 cm³/mol. The maximum absolute atomic E-state index is 11.1. The molecule has 0 N–H and O–H groups in total. The van der Waals surface area contributed by atoms with Crippen molar-refractivity contribution in [2.24, 2.45) is 0 Å². The van der Waals surface area contributed by atoms with E-state index in [-0.39, 0.29) is 12.9 Å². The van der Waals surface area contributed by atoms with Crippen LogP contribution in [-0.4, -0.2) is 52.1 Å². The van der Waals surface area contributed by atoms with Gasteiger partial charge in [0.25, 0.3) is 0 Å². The highest BCUT2D eigenvalue weighted by Gasteiger charge is 2.03. The van der Waals surface area contributed by atoms with E-state index in [2.05, 4.69) is 0 Å². The number of aldehydes is 1. The molecule has 0 saturated carbocycles. The van der Waals surface area contributed by atoms with Gasteiger partial charge in [-0.3, -0.25) is 4.79 Å². The van der Waals surface area contributed by atoms with E-state index in [0.29, 0.717) is 32.5 Å². The quantitative estimate of drug-likeness (QED) is 0.177. The molecule has 0 amide bonds. The smallest absolute Gasteiger partial charge is 0.330 e. The minimum Gasteiger partial charge on any atom is -0.463 e. The molecule has 1 atom stereocenters. The van der Waals surface area contributed by atoms with Crippen LogP contribution in [0.2, 0.25) is 0 Å². The lowest BCUT2D eigenvalue weighted by Gasteiger charge is -2.12. The van der Waals surface area contributed by atoms with Gasteiger partial charge in [-0.25, -0.2) is 4.79 Å². The average molecular weight is 286 g/mol. The summed E-state index contributed by atoms with van der Waals surface area (Å²) in [7, 11) is 1.58. The van der Waals surface area contributed by atoms with Crippen LogP contribution in [0.15, 0.2) is 24.3 Å². The number of hydrogen-bond acceptors (Lipinski definition) is 6. The monoisotopic (exact) mass is 286 g/mol. The van der Waals surface area contributed by atoms with Crippen LogP contribution >= 0.6 is 0 Å². The number of carbonyl (C=O) groups is 2. The van der Waals surface area contributed by atoms with Gasteiger partial charge in [0.1, 0.15) is 13.1 Å². The van der Waals surface area contributed by atoms with Gasteiger partial charge in [-0.2, -0.15) is 0 Å². The van der Waals surface area contributed by atoms with Gasteiger partial charge in [-0.15, -0.1) is 0 Å². The summed E-state index contributed by atoms with van der Waals surface area (Å²) in [6.45, 7) is 3.08. The van der Waals surface area contributed by atoms with Crippen LogP contribution in [0.25, 0.3) is 0 Å². The first kappa shape index (κ1) is 18.5. The zero-order chi connectivity index (χ0) is 15.1. The second kappa shape index (κ2) is 13.9. The lowest BCUT2D eigenvalue weighted by molar-refractivity contribution is -0.137. The Morgan fingerprint density at radius 2 is 2.10 bits per heavy atom. The zero-order valence-corrected chi connectivity index (χ0v) is 11.9. The third kappa shape index (κ3) is 11.6. The van der Waals surface area contributed by atoms with Crippen molar-refractivity contribution < 1.29 is 28.5 Å². The molecule has 0 heterocycles. The van der Waals surface area contributed by atoms with E-state index < -0.39 is 5.97 Å². The van der Waals surface area contributed by atoms with Gasteiger partial charge < -0.3 is 18.9 Å². The predicted octanol–water partition coefficient (Wildman–Crippen LogP) is 1.26. The first-order chi connectivity index (χ1) is 9.74. The topological polar surface area (TPSA) is 71.1 Å². The molecule has 114 valence electrons. The minimum absolute atomic E-state index is 0.0878. The van der Waals surface area contributed by atoms with Crippen molar-refractivity contribution in [2.45, 2.75) is 19.4 Å². The molecule has 6 heteroatoms. The van der Waals surface area contributed by atoms with Crippen LogP contribution in [0.5, 0.6) is 0 Å². The summed E-state index contributed by atoms with van der Waals surface area (Å²) in [6.07, 6.45) is 6.68. The van der Waals surface area contributed by atoms with Crippen molar-refractivity contribution in [1.29, 1.82) is 0 Å². The van der Waals surface area contributed by atoms with Gasteiger partial charge in [-0.05, 0) is 19.4 Å². The first-order valence-electron chi connectivity index (χ1n) is 6.38. The fraction of sp³-hybridized carbons (Fsp3) is 0.571. The molecule has 6 nitrogen and oxygen atoms in total. The van der Waals surface area contributed by atoms with Gasteiger partial charge in [0.05, 0.1) is 25.9 Å². The summed E-state index contributed by atoms with van der Waals surface area (Å²) in [4.78, 5) is 21.4. The Labute approximate surface area is 119 Å². The second-order valence-electron chi connectivity index (χ2n) is 3.64. The van der Waals surface area contributed by atoms with Crippen LogP contribution < -0.4 is 0 Å². The molecule has 0 radical (unpaired) electrons. The van der Waals surface area contributed by atoms with Gasteiger partial charge in [0.15, 0.2) is 0 Å². The number of ether oxygens (including phenoxy) is 4. The molecule has 0 aromatic rings. The van der Waals surface area contributed by atoms with Gasteiger partial charge >= 0.3 is 5.97 Å². The molecular weight excluding hydrogens is 264 g/mol. The maximum Gasteiger partial charge on any atom is 0.330 e. The largest absolute Gasteiger partial charge is 0.463 e. The Balaban J connectivity index is 4.04. The second-order valence-corrected chi connectivity index (χ2v) is 3.64. The summed E-state index contributed by atoms with van der Waals surface area (Å²) in [6, 6.07) is 0. The molecule has 0 aromatic heterocycles. The Bertz CT molecular complexity index is 311. The Kier molecular flexibility index (Phi) is 12.9. The molecule has 0 fully saturated rings. The van der Waals surface area contributed by atoms with Crippen molar-refractivity contribution in [3.8, 4) is 0 Å². The lowest BCUT2D eigenvalue weighted by Crippen LogP contribution is -2.14. The van der Waals surface area contributed by atoms with Crippen molar-refractivity contribution in [2.75, 3.05) is 33.7 Å². The third-order valence-electron chi connectivity index (χ3n) is 2.11. The highest BCUT2D eigenvalue weighted by Crippen LogP contribution is 2.02. The van der Waals surface area contributed by atoms with Crippen LogP contribution in [0.4, 0.5) is 0 Å². The first-order valence-corrected chi connectivity index (χ1v) is 6.38. The summed E-state index contributed by atoms with van der Waals surface area (Å²) in [5.41, 5.74) is 0. The number of hydrogen-bond donors (Lipinski definition) is 0. The molecular formula is C14H22O6. The van der Waals surface area contributed by atoms with Crippen LogP contribution in [0, 0.1) is 0 Å². The van der Waals surface area contributed by atoms with Crippen molar-refractivity contribution in [3.63, 3.8) is 0 Å². The third-order valence-corrected chi connectivity index (χ3v) is 2.11. The molecule has 0 spiro atoms. The number of carbonyl (C=O) groups excluding carboxylic acids is 2. The van der Waals surface area contributed by atoms with E-state index in [1.54, 1.807) is 26.2 Å². The standard InChI is InChI=1S/C14H22O6/c1-3-19-14(16)8-4-6-13(7-5-9-15)20-12-18-11-10-17-2/h4-5,7-9,13H,3,6,10-12H2,1-2H3/b7-5+,8-4+/t13-/m0/s1. The van der Waals surface area contributed by atoms with E-state index >= 15 is 0 Å². The van der Waals surface area contributed by atoms with Gasteiger partial charge in [0.2, 0.25) is 0 Å².